The fraction of sp³-hybridized carbons (Fsp3) is 0.255. The van der Waals surface area contributed by atoms with Gasteiger partial charge < -0.3 is 18.9 Å². The van der Waals surface area contributed by atoms with Crippen LogP contribution in [0, 0.1) is 5.92 Å². The van der Waals surface area contributed by atoms with Gasteiger partial charge in [-0.2, -0.15) is 0 Å². The van der Waals surface area contributed by atoms with E-state index in [-0.39, 0.29) is 39.6 Å². The first-order valence-electron chi connectivity index (χ1n) is 20.2. The van der Waals surface area contributed by atoms with Crippen LogP contribution in [0.25, 0.3) is 0 Å². The highest BCUT2D eigenvalue weighted by Crippen LogP contribution is 2.35. The van der Waals surface area contributed by atoms with E-state index < -0.39 is 21.2 Å². The average molecular weight is 987 g/mol. The van der Waals surface area contributed by atoms with Crippen molar-refractivity contribution in [3.63, 3.8) is 0 Å². The summed E-state index contributed by atoms with van der Waals surface area (Å²) in [6.45, 7) is 12.9. The van der Waals surface area contributed by atoms with Crippen LogP contribution in [-0.2, 0) is 40.9 Å². The Morgan fingerprint density at radius 3 is 1.15 bits per heavy atom. The highest BCUT2D eigenvalue weighted by atomic mass is 79.9. The summed E-state index contributed by atoms with van der Waals surface area (Å²) in [5.74, 6) is 0.670. The molecule has 6 aromatic carbocycles. The van der Waals surface area contributed by atoms with Gasteiger partial charge in [0.2, 0.25) is 12.6 Å². The molecule has 0 heterocycles. The van der Waals surface area contributed by atoms with Crippen LogP contribution >= 0.6 is 31.9 Å². The van der Waals surface area contributed by atoms with Gasteiger partial charge in [0.05, 0.1) is 21.8 Å². The molecular weight excluding hydrogens is 932 g/mol. The maximum atomic E-state index is 12.4. The van der Waals surface area contributed by atoms with Gasteiger partial charge in [-0.3, -0.25) is 9.59 Å². The average Bonchev–Trinajstić information content (AvgIpc) is 3.25. The van der Waals surface area contributed by atoms with E-state index in [0.29, 0.717) is 17.9 Å². The Labute approximate surface area is 384 Å². The van der Waals surface area contributed by atoms with Crippen LogP contribution in [0.15, 0.2) is 199 Å². The first kappa shape index (κ1) is 47.6. The van der Waals surface area contributed by atoms with Crippen molar-refractivity contribution >= 4 is 65.6 Å². The summed E-state index contributed by atoms with van der Waals surface area (Å²) < 4.78 is 21.8. The third-order valence-corrected chi connectivity index (χ3v) is 13.9. The van der Waals surface area contributed by atoms with Crippen molar-refractivity contribution in [2.45, 2.75) is 105 Å². The first-order chi connectivity index (χ1) is 29.1. The van der Waals surface area contributed by atoms with Crippen molar-refractivity contribution in [2.24, 2.45) is 5.92 Å². The van der Waals surface area contributed by atoms with E-state index in [1.807, 2.05) is 81.4 Å². The summed E-state index contributed by atoms with van der Waals surface area (Å²) in [7, 11) is -0.532. The smallest absolute Gasteiger partial charge is 0.325 e. The minimum Gasteiger partial charge on any atom is -0.455 e. The summed E-state index contributed by atoms with van der Waals surface area (Å²) in [6, 6.07) is 57.9. The number of carbonyl (C=O) groups excluding carboxylic acids is 2. The van der Waals surface area contributed by atoms with Crippen LogP contribution in [0.1, 0.15) is 54.9 Å². The molecule has 6 rings (SSSR count). The van der Waals surface area contributed by atoms with Crippen LogP contribution in [-0.4, -0.2) is 33.2 Å². The van der Waals surface area contributed by atoms with E-state index in [1.165, 1.54) is 19.6 Å². The molecule has 0 saturated heterocycles. The third-order valence-electron chi connectivity index (χ3n) is 8.83. The van der Waals surface area contributed by atoms with Gasteiger partial charge >= 0.3 is 11.9 Å². The zero-order valence-corrected chi connectivity index (χ0v) is 40.4. The zero-order chi connectivity index (χ0) is 44.0. The molecule has 61 heavy (non-hydrogen) atoms. The molecule has 0 aromatic heterocycles. The van der Waals surface area contributed by atoms with Gasteiger partial charge in [0.1, 0.15) is 20.1 Å². The second kappa shape index (κ2) is 22.6. The molecule has 0 aliphatic carbocycles. The monoisotopic (exact) mass is 984 g/mol. The predicted molar refractivity (Wildman–Crippen MR) is 255 cm³/mol. The minimum atomic E-state index is -0.765. The molecule has 318 valence electrons. The summed E-state index contributed by atoms with van der Waals surface area (Å²) >= 11 is 6.70. The number of halogens is 2. The Morgan fingerprint density at radius 2 is 0.820 bits per heavy atom. The number of rotatable bonds is 16. The highest BCUT2D eigenvalue weighted by Gasteiger charge is 2.33. The van der Waals surface area contributed by atoms with Crippen LogP contribution in [0.4, 0.5) is 0 Å². The number of ether oxygens (including phenoxy) is 4. The van der Waals surface area contributed by atoms with Crippen molar-refractivity contribution in [2.75, 3.05) is 0 Å². The molecule has 0 fully saturated rings. The van der Waals surface area contributed by atoms with E-state index in [4.69, 9.17) is 18.9 Å². The molecule has 0 radical (unpaired) electrons. The molecule has 0 aliphatic heterocycles. The molecule has 2 unspecified atom stereocenters. The Morgan fingerprint density at radius 1 is 0.492 bits per heavy atom. The summed E-state index contributed by atoms with van der Waals surface area (Å²) in [5, 5.41) is 0. The summed E-state index contributed by atoms with van der Waals surface area (Å²) in [6.07, 6.45) is -0.753. The quantitative estimate of drug-likeness (QED) is 0.0416. The number of hydrogen-bond donors (Lipinski definition) is 0. The molecule has 6 aromatic rings. The molecule has 0 saturated carbocycles. The zero-order valence-electron chi connectivity index (χ0n) is 35.6. The van der Waals surface area contributed by atoms with Gasteiger partial charge in [0.15, 0.2) is 29.4 Å². The van der Waals surface area contributed by atoms with E-state index in [0.717, 1.165) is 9.79 Å². The predicted octanol–water partition coefficient (Wildman–Crippen LogP) is 13.5. The number of hydrogen-bond acceptors (Lipinski definition) is 6. The molecule has 0 amide bonds. The molecule has 0 aliphatic rings. The lowest BCUT2D eigenvalue weighted by Crippen LogP contribution is -2.36. The number of carbonyl (C=O) groups is 2. The summed E-state index contributed by atoms with van der Waals surface area (Å²) in [4.78, 5) is 31.8. The maximum absolute atomic E-state index is 12.4. The first-order valence-corrected chi connectivity index (χ1v) is 24.2. The molecule has 2 atom stereocenters. The Hall–Kier alpha value is -4.48. The maximum Gasteiger partial charge on any atom is 0.325 e. The van der Waals surface area contributed by atoms with E-state index >= 15 is 0 Å². The van der Waals surface area contributed by atoms with Crippen molar-refractivity contribution in [3.8, 4) is 11.5 Å². The molecule has 10 heteroatoms. The standard InChI is InChI=1S/C26H28BrO3S.C25H26BrO3S/c1-19(2)24(30-25(28)26(3,4)27)29-20-12-11-17-23(18-20)31(21-13-7-5-8-14-21)22-15-9-6-10-16-22;1-4-23(29-24(27)25(2,3)26)28-19-12-11-17-22(18-19)30(20-13-7-5-8-14-20)21-15-9-6-10-16-21/h5-19,24H,1-4H3;5-18,23H,4H2,1-3H3/q2*+1. The second-order valence-electron chi connectivity index (χ2n) is 15.3. The third kappa shape index (κ3) is 14.3. The second-order valence-corrected chi connectivity index (χ2v) is 23.3. The Kier molecular flexibility index (Phi) is 17.6. The topological polar surface area (TPSA) is 71.1 Å². The highest BCUT2D eigenvalue weighted by molar-refractivity contribution is 9.10. The number of esters is 2. The van der Waals surface area contributed by atoms with Gasteiger partial charge in [0.25, 0.3) is 0 Å². The van der Waals surface area contributed by atoms with Gasteiger partial charge in [0, 0.05) is 24.5 Å². The van der Waals surface area contributed by atoms with Gasteiger partial charge in [-0.05, 0) is 100 Å². The fourth-order valence-electron chi connectivity index (χ4n) is 5.67. The van der Waals surface area contributed by atoms with E-state index in [1.54, 1.807) is 27.7 Å². The van der Waals surface area contributed by atoms with Crippen LogP contribution in [0.2, 0.25) is 0 Å². The van der Waals surface area contributed by atoms with Crippen LogP contribution < -0.4 is 9.47 Å². The number of alkyl halides is 2. The Bertz CT molecular complexity index is 2190. The molecular formula is C51H54Br2O6S2+2. The van der Waals surface area contributed by atoms with E-state index in [2.05, 4.69) is 141 Å². The molecule has 0 spiro atoms. The van der Waals surface area contributed by atoms with Crippen molar-refractivity contribution in [1.29, 1.82) is 0 Å². The van der Waals surface area contributed by atoms with Crippen molar-refractivity contribution in [1.82, 2.24) is 0 Å². The van der Waals surface area contributed by atoms with Crippen molar-refractivity contribution < 1.29 is 28.5 Å². The van der Waals surface area contributed by atoms with Crippen LogP contribution in [0.5, 0.6) is 11.5 Å². The fourth-order valence-corrected chi connectivity index (χ4v) is 10.1. The molecule has 0 N–H and O–H groups in total. The van der Waals surface area contributed by atoms with Gasteiger partial charge in [-0.15, -0.1) is 0 Å². The van der Waals surface area contributed by atoms with E-state index in [9.17, 15) is 9.59 Å². The lowest BCUT2D eigenvalue weighted by Gasteiger charge is -2.25. The molecule has 0 bridgehead atoms. The van der Waals surface area contributed by atoms with Crippen LogP contribution in [0.3, 0.4) is 0 Å². The SMILES string of the molecule is CC(C)C(OC(=O)C(C)(C)Br)Oc1cccc([S+](c2ccccc2)c2ccccc2)c1.CCC(OC(=O)C(C)(C)Br)Oc1cccc([S+](c2ccccc2)c2ccccc2)c1. The lowest BCUT2D eigenvalue weighted by atomic mass is 10.2. The van der Waals surface area contributed by atoms with Gasteiger partial charge in [-0.1, -0.05) is 138 Å². The lowest BCUT2D eigenvalue weighted by molar-refractivity contribution is -0.171. The molecule has 6 nitrogen and oxygen atoms in total. The largest absolute Gasteiger partial charge is 0.455 e. The summed E-state index contributed by atoms with van der Waals surface area (Å²) in [5.41, 5.74) is 0. The number of benzene rings is 6. The minimum absolute atomic E-state index is 0.00366. The van der Waals surface area contributed by atoms with Crippen molar-refractivity contribution in [3.05, 3.63) is 170 Å². The Balaban J connectivity index is 0.000000231. The van der Waals surface area contributed by atoms with Gasteiger partial charge in [-0.25, -0.2) is 0 Å². The normalized spacial score (nSPS) is 12.5.